The van der Waals surface area contributed by atoms with Crippen LogP contribution in [0, 0.1) is 0 Å². The maximum atomic E-state index is 11.8. The predicted molar refractivity (Wildman–Crippen MR) is 126 cm³/mol. The number of aliphatic hydroxyl groups is 1. The summed E-state index contributed by atoms with van der Waals surface area (Å²) in [5.41, 5.74) is 0. The monoisotopic (exact) mass is 412 g/mol. The van der Waals surface area contributed by atoms with Crippen molar-refractivity contribution in [2.24, 2.45) is 0 Å². The Morgan fingerprint density at radius 2 is 1.14 bits per heavy atom. The van der Waals surface area contributed by atoms with Gasteiger partial charge in [0.1, 0.15) is 0 Å². The molecule has 4 heteroatoms. The minimum atomic E-state index is 0.170. The second-order valence-electron chi connectivity index (χ2n) is 8.78. The lowest BCUT2D eigenvalue weighted by Gasteiger charge is -2.14. The highest BCUT2D eigenvalue weighted by atomic mass is 16.3. The van der Waals surface area contributed by atoms with E-state index in [0.29, 0.717) is 13.0 Å². The number of unbranched alkanes of at least 4 members (excludes halogenated alkanes) is 15. The molecule has 0 aromatic carbocycles. The molecule has 1 amide bonds. The average molecular weight is 413 g/mol. The highest BCUT2D eigenvalue weighted by Crippen LogP contribution is 2.13. The van der Waals surface area contributed by atoms with Crippen LogP contribution in [0.2, 0.25) is 0 Å². The van der Waals surface area contributed by atoms with Crippen molar-refractivity contribution in [3.8, 4) is 0 Å². The molecule has 174 valence electrons. The number of nitrogens with zero attached hydrogens (tertiary/aromatic N) is 1. The molecule has 0 aromatic heterocycles. The fourth-order valence-corrected chi connectivity index (χ4v) is 3.78. The van der Waals surface area contributed by atoms with E-state index in [4.69, 9.17) is 5.11 Å². The second-order valence-corrected chi connectivity index (χ2v) is 8.78. The number of rotatable bonds is 23. The van der Waals surface area contributed by atoms with Gasteiger partial charge in [0, 0.05) is 19.5 Å². The molecule has 0 saturated heterocycles. The van der Waals surface area contributed by atoms with E-state index in [1.54, 1.807) is 0 Å². The molecule has 0 unspecified atom stereocenters. The van der Waals surface area contributed by atoms with Crippen LogP contribution in [0.3, 0.4) is 0 Å². The molecule has 0 aliphatic rings. The first kappa shape index (κ1) is 28.4. The summed E-state index contributed by atoms with van der Waals surface area (Å²) < 4.78 is 0. The zero-order chi connectivity index (χ0) is 21.4. The third-order valence-corrected chi connectivity index (χ3v) is 5.78. The van der Waals surface area contributed by atoms with Gasteiger partial charge in [0.05, 0.1) is 6.61 Å². The van der Waals surface area contributed by atoms with Crippen LogP contribution in [0.1, 0.15) is 122 Å². The fourth-order valence-electron chi connectivity index (χ4n) is 3.78. The molecule has 2 N–H and O–H groups in total. The highest BCUT2D eigenvalue weighted by Gasteiger charge is 2.02. The lowest BCUT2D eigenvalue weighted by molar-refractivity contribution is -0.121. The van der Waals surface area contributed by atoms with Gasteiger partial charge in [-0.3, -0.25) is 4.79 Å². The summed E-state index contributed by atoms with van der Waals surface area (Å²) in [7, 11) is 1.98. The molecule has 4 nitrogen and oxygen atoms in total. The third-order valence-electron chi connectivity index (χ3n) is 5.78. The van der Waals surface area contributed by atoms with E-state index in [2.05, 4.69) is 17.1 Å². The van der Waals surface area contributed by atoms with E-state index in [1.165, 1.54) is 96.3 Å². The molecule has 0 spiro atoms. The van der Waals surface area contributed by atoms with Crippen LogP contribution in [0.15, 0.2) is 0 Å². The molecule has 29 heavy (non-hydrogen) atoms. The molecule has 0 atom stereocenters. The Balaban J connectivity index is 3.15. The summed E-state index contributed by atoms with van der Waals surface area (Å²) in [5.74, 6) is 0.170. The maximum Gasteiger partial charge on any atom is 0.220 e. The van der Waals surface area contributed by atoms with Crippen LogP contribution in [0.25, 0.3) is 0 Å². The smallest absolute Gasteiger partial charge is 0.220 e. The Hall–Kier alpha value is -0.610. The first-order chi connectivity index (χ1) is 14.2. The number of amides is 1. The lowest BCUT2D eigenvalue weighted by Crippen LogP contribution is -2.27. The van der Waals surface area contributed by atoms with E-state index in [0.717, 1.165) is 25.9 Å². The number of hydrogen-bond donors (Lipinski definition) is 2. The number of hydrogen-bond acceptors (Lipinski definition) is 3. The number of nitrogens with one attached hydrogen (secondary N) is 1. The van der Waals surface area contributed by atoms with Gasteiger partial charge in [-0.05, 0) is 26.4 Å². The SMILES string of the molecule is CCCCCCCCCCCCCCCCCCNC(=O)CCCN(C)CCO. The molecule has 0 aromatic rings. The van der Waals surface area contributed by atoms with Crippen LogP contribution in [-0.2, 0) is 4.79 Å². The number of aliphatic hydroxyl groups excluding tert-OH is 1. The van der Waals surface area contributed by atoms with Crippen LogP contribution in [-0.4, -0.2) is 49.2 Å². The Kier molecular flexibility index (Phi) is 23.2. The van der Waals surface area contributed by atoms with Crippen LogP contribution < -0.4 is 5.32 Å². The van der Waals surface area contributed by atoms with Crippen molar-refractivity contribution in [1.82, 2.24) is 10.2 Å². The van der Waals surface area contributed by atoms with Gasteiger partial charge in [0.25, 0.3) is 0 Å². The largest absolute Gasteiger partial charge is 0.395 e. The van der Waals surface area contributed by atoms with Crippen molar-refractivity contribution in [2.45, 2.75) is 122 Å². The van der Waals surface area contributed by atoms with E-state index >= 15 is 0 Å². The average Bonchev–Trinajstić information content (AvgIpc) is 2.70. The van der Waals surface area contributed by atoms with E-state index in [-0.39, 0.29) is 12.5 Å². The Morgan fingerprint density at radius 3 is 1.59 bits per heavy atom. The molecule has 0 heterocycles. The van der Waals surface area contributed by atoms with E-state index in [9.17, 15) is 4.79 Å². The van der Waals surface area contributed by atoms with Gasteiger partial charge in [-0.2, -0.15) is 0 Å². The van der Waals surface area contributed by atoms with Crippen LogP contribution >= 0.6 is 0 Å². The summed E-state index contributed by atoms with van der Waals surface area (Å²) in [5, 5.41) is 11.9. The van der Waals surface area contributed by atoms with Gasteiger partial charge in [-0.1, -0.05) is 103 Å². The van der Waals surface area contributed by atoms with Crippen LogP contribution in [0.5, 0.6) is 0 Å². The number of carbonyl (C=O) groups excluding carboxylic acids is 1. The van der Waals surface area contributed by atoms with Gasteiger partial charge in [0.2, 0.25) is 5.91 Å². The minimum absolute atomic E-state index is 0.170. The topological polar surface area (TPSA) is 52.6 Å². The predicted octanol–water partition coefficient (Wildman–Crippen LogP) is 6.07. The van der Waals surface area contributed by atoms with Gasteiger partial charge in [-0.25, -0.2) is 0 Å². The lowest BCUT2D eigenvalue weighted by atomic mass is 10.0. The van der Waals surface area contributed by atoms with Crippen molar-refractivity contribution in [3.05, 3.63) is 0 Å². The van der Waals surface area contributed by atoms with Gasteiger partial charge >= 0.3 is 0 Å². The van der Waals surface area contributed by atoms with Crippen molar-refractivity contribution in [2.75, 3.05) is 33.3 Å². The van der Waals surface area contributed by atoms with E-state index in [1.807, 2.05) is 7.05 Å². The summed E-state index contributed by atoms with van der Waals surface area (Å²) in [6.45, 7) is 4.84. The molecule has 0 saturated carbocycles. The van der Waals surface area contributed by atoms with Gasteiger partial charge < -0.3 is 15.3 Å². The first-order valence-corrected chi connectivity index (χ1v) is 12.8. The van der Waals surface area contributed by atoms with E-state index < -0.39 is 0 Å². The Labute approximate surface area is 182 Å². The normalized spacial score (nSPS) is 11.3. The number of carbonyl (C=O) groups is 1. The number of likely N-dealkylation sites (N-methyl/N-ethyl adjacent to an activating group) is 1. The molecule has 0 bridgehead atoms. The molecular weight excluding hydrogens is 360 g/mol. The molecule has 0 radical (unpaired) electrons. The highest BCUT2D eigenvalue weighted by molar-refractivity contribution is 5.75. The third kappa shape index (κ3) is 23.5. The summed E-state index contributed by atoms with van der Waals surface area (Å²) in [4.78, 5) is 13.8. The summed E-state index contributed by atoms with van der Waals surface area (Å²) >= 11 is 0. The molecule has 0 aliphatic carbocycles. The second kappa shape index (κ2) is 23.7. The van der Waals surface area contributed by atoms with Crippen molar-refractivity contribution >= 4 is 5.91 Å². The zero-order valence-corrected chi connectivity index (χ0v) is 19.9. The van der Waals surface area contributed by atoms with Crippen molar-refractivity contribution in [1.29, 1.82) is 0 Å². The minimum Gasteiger partial charge on any atom is -0.395 e. The summed E-state index contributed by atoms with van der Waals surface area (Å²) in [6, 6.07) is 0. The standard InChI is InChI=1S/C25H52N2O2/c1-3-4-5-6-7-8-9-10-11-12-13-14-15-16-17-18-21-26-25(29)20-19-22-27(2)23-24-28/h28H,3-24H2,1-2H3,(H,26,29). The molecule has 0 rings (SSSR count). The Bertz CT molecular complexity index is 337. The van der Waals surface area contributed by atoms with Crippen molar-refractivity contribution in [3.63, 3.8) is 0 Å². The summed E-state index contributed by atoms with van der Waals surface area (Å²) in [6.07, 6.45) is 23.5. The zero-order valence-electron chi connectivity index (χ0n) is 19.9. The molecule has 0 aliphatic heterocycles. The Morgan fingerprint density at radius 1 is 0.690 bits per heavy atom. The van der Waals surface area contributed by atoms with Crippen molar-refractivity contribution < 1.29 is 9.90 Å². The van der Waals surface area contributed by atoms with Gasteiger partial charge in [-0.15, -0.1) is 0 Å². The first-order valence-electron chi connectivity index (χ1n) is 12.8. The van der Waals surface area contributed by atoms with Gasteiger partial charge in [0.15, 0.2) is 0 Å². The molecule has 0 fully saturated rings. The van der Waals surface area contributed by atoms with Crippen LogP contribution in [0.4, 0.5) is 0 Å². The maximum absolute atomic E-state index is 11.8. The fraction of sp³-hybridized carbons (Fsp3) is 0.960. The molecular formula is C25H52N2O2. The quantitative estimate of drug-likeness (QED) is 0.200.